The standard InChI is InChI=1S/C20H20F2N4O2.C20H21FN4O2.C20H19N5OS.C19H18F2N4O2.C19H19FN4O2/c1-12-10-25(6-5-23-12)14-3-4-18-24-16(9-19(27)26(18)11-14)13-7-15(21)20(22)17(8-13)28-2;1-13-11-24(8-7-22-13)15-4-6-19-23-17(10-20(26)25(19)12-15)14-3-5-16(21)18(9-14)27-2;1-13-22-16-4-2-14(10-18(16)27-13)17-11-20(26)25-12-15(3-5-19(25)23-17)24-8-6-21-7-9-24;1-27-16-9-12(8-14(20)19(16)21)15-10-18(26)25-11-13(2-3-17(25)23-15)24-6-4-22-5-7-24;1-26-17-10-13(2-4-15(17)20)16-11-19(25)24-12-14(3-5-18(24)22-16)23-8-6-21-7-9-23/h3-4,7-9,11-12,23H,5-6,10H2,1-2H3;3-6,9-10,12-13,22H,7-8,11H2,1-2H3;2-5,10-12,21H,6-9H2,1H3;2-3,8-11,22H,4-7H2,1H3;2-5,10-12,21H,6-9H2,1H3/t12-;13-;;;/m00.../s1. The average Bonchev–Trinajstić information content (AvgIpc) is 1.59. The Balaban J connectivity index is 0.000000117. The molecule has 16 heterocycles. The number of hydrogen-bond donors (Lipinski definition) is 5. The van der Waals surface area contributed by atoms with Crippen molar-refractivity contribution in [2.45, 2.75) is 32.9 Å². The van der Waals surface area contributed by atoms with Crippen LogP contribution in [-0.4, -0.2) is 210 Å². The van der Waals surface area contributed by atoms with Crippen LogP contribution in [0.2, 0.25) is 0 Å². The molecule has 0 amide bonds. The van der Waals surface area contributed by atoms with Gasteiger partial charge in [-0.05, 0) is 154 Å². The van der Waals surface area contributed by atoms with Gasteiger partial charge < -0.3 is 70.0 Å². The summed E-state index contributed by atoms with van der Waals surface area (Å²) in [6.07, 6.45) is 9.07. The number of fused-ring (bicyclic) bond motifs is 6. The van der Waals surface area contributed by atoms with E-state index in [1.807, 2.05) is 86.2 Å². The predicted molar refractivity (Wildman–Crippen MR) is 513 cm³/mol. The van der Waals surface area contributed by atoms with Crippen LogP contribution in [0.3, 0.4) is 0 Å². The third-order valence-electron chi connectivity index (χ3n) is 23.8. The first kappa shape index (κ1) is 92.2. The van der Waals surface area contributed by atoms with Crippen LogP contribution < -0.4 is 97.8 Å². The maximum Gasteiger partial charge on any atom is 0.258 e. The average molecular weight is 1860 g/mol. The molecule has 135 heavy (non-hydrogen) atoms. The van der Waals surface area contributed by atoms with E-state index in [4.69, 9.17) is 23.9 Å². The number of benzene rings is 5. The number of pyridine rings is 5. The smallest absolute Gasteiger partial charge is 0.258 e. The van der Waals surface area contributed by atoms with E-state index in [-0.39, 0.29) is 73.3 Å². The Labute approximate surface area is 773 Å². The lowest BCUT2D eigenvalue weighted by Crippen LogP contribution is -2.49. The minimum Gasteiger partial charge on any atom is -0.494 e. The van der Waals surface area contributed by atoms with Crippen molar-refractivity contribution in [2.75, 3.05) is 171 Å². The normalized spacial score (nSPS) is 15.7. The second kappa shape index (κ2) is 40.8. The predicted octanol–water partition coefficient (Wildman–Crippen LogP) is 11.4. The molecule has 0 unspecified atom stereocenters. The second-order valence-corrected chi connectivity index (χ2v) is 34.1. The molecule has 2 atom stereocenters. The summed E-state index contributed by atoms with van der Waals surface area (Å²) in [6, 6.07) is 46.4. The van der Waals surface area contributed by atoms with E-state index in [0.717, 1.165) is 179 Å². The first-order valence-corrected chi connectivity index (χ1v) is 44.9. The number of piperazine rings is 5. The molecule has 0 spiro atoms. The largest absolute Gasteiger partial charge is 0.494 e. The summed E-state index contributed by atoms with van der Waals surface area (Å²) in [7, 11) is 5.32. The summed E-state index contributed by atoms with van der Waals surface area (Å²) in [4.78, 5) is 102. The highest BCUT2D eigenvalue weighted by molar-refractivity contribution is 7.18. The first-order chi connectivity index (χ1) is 65.4. The van der Waals surface area contributed by atoms with Crippen LogP contribution in [0.15, 0.2) is 225 Å². The molecule has 16 aromatic rings. The number of hydrogen-bond acceptors (Lipinski definition) is 26. The first-order valence-electron chi connectivity index (χ1n) is 44.0. The number of ether oxygens (including phenoxy) is 4. The topological polar surface area (TPSA) is 298 Å². The molecule has 0 radical (unpaired) electrons. The van der Waals surface area contributed by atoms with E-state index in [1.54, 1.807) is 79.4 Å². The third kappa shape index (κ3) is 20.8. The number of anilines is 5. The van der Waals surface area contributed by atoms with Crippen LogP contribution in [0.5, 0.6) is 23.0 Å². The quantitative estimate of drug-likeness (QED) is 0.0632. The molecule has 30 nitrogen and oxygen atoms in total. The number of rotatable bonds is 14. The minimum absolute atomic E-state index is 0.0624. The molecule has 5 aliphatic rings. The highest BCUT2D eigenvalue weighted by Gasteiger charge is 2.25. The van der Waals surface area contributed by atoms with Crippen LogP contribution in [-0.2, 0) is 0 Å². The molecule has 5 aliphatic heterocycles. The summed E-state index contributed by atoms with van der Waals surface area (Å²) < 4.78 is 111. The van der Waals surface area contributed by atoms with Crippen LogP contribution in [0, 0.1) is 41.8 Å². The van der Waals surface area contributed by atoms with Crippen molar-refractivity contribution in [3.8, 4) is 79.3 Å². The number of nitrogens with zero attached hydrogens (tertiary/aromatic N) is 16. The Kier molecular flexibility index (Phi) is 27.9. The van der Waals surface area contributed by atoms with Gasteiger partial charge in [0.15, 0.2) is 46.3 Å². The van der Waals surface area contributed by atoms with Crippen molar-refractivity contribution < 1.29 is 45.3 Å². The van der Waals surface area contributed by atoms with Crippen LogP contribution >= 0.6 is 11.3 Å². The molecule has 21 rings (SSSR count). The fraction of sp³-hybridized carbons (Fsp3) is 0.276. The number of aromatic nitrogens is 11. The number of aryl methyl sites for hydroxylation is 1. The van der Waals surface area contributed by atoms with Crippen LogP contribution in [0.4, 0.5) is 54.8 Å². The van der Waals surface area contributed by atoms with Gasteiger partial charge in [0.1, 0.15) is 28.2 Å². The van der Waals surface area contributed by atoms with E-state index < -0.39 is 34.9 Å². The lowest BCUT2D eigenvalue weighted by molar-refractivity contribution is 0.372. The van der Waals surface area contributed by atoms with Gasteiger partial charge in [0.2, 0.25) is 11.6 Å². The Bertz CT molecular complexity index is 7450. The molecular weight excluding hydrogens is 1760 g/mol. The summed E-state index contributed by atoms with van der Waals surface area (Å²) in [5, 5.41) is 17.8. The molecule has 37 heteroatoms. The van der Waals surface area contributed by atoms with E-state index >= 15 is 0 Å². The van der Waals surface area contributed by atoms with E-state index in [2.05, 4.69) is 95.9 Å². The fourth-order valence-corrected chi connectivity index (χ4v) is 17.7. The summed E-state index contributed by atoms with van der Waals surface area (Å²) >= 11 is 1.65. The van der Waals surface area contributed by atoms with Gasteiger partial charge in [-0.2, -0.15) is 8.78 Å². The molecule has 0 aliphatic carbocycles. The number of methoxy groups -OCH3 is 4. The molecule has 5 fully saturated rings. The zero-order valence-corrected chi connectivity index (χ0v) is 75.8. The Hall–Kier alpha value is -14.6. The Morgan fingerprint density at radius 3 is 0.904 bits per heavy atom. The van der Waals surface area contributed by atoms with Crippen molar-refractivity contribution in [3.63, 3.8) is 0 Å². The zero-order valence-electron chi connectivity index (χ0n) is 74.9. The maximum absolute atomic E-state index is 13.8. The molecule has 5 N–H and O–H groups in total. The van der Waals surface area contributed by atoms with Gasteiger partial charge in [-0.1, -0.05) is 6.07 Å². The molecule has 11 aromatic heterocycles. The third-order valence-corrected chi connectivity index (χ3v) is 24.8. The van der Waals surface area contributed by atoms with Gasteiger partial charge in [-0.15, -0.1) is 11.3 Å². The summed E-state index contributed by atoms with van der Waals surface area (Å²) in [5.41, 5.74) is 12.5. The number of nitrogens with one attached hydrogen (secondary N) is 5. The lowest BCUT2D eigenvalue weighted by Gasteiger charge is -2.33. The molecule has 5 saturated heterocycles. The highest BCUT2D eigenvalue weighted by atomic mass is 32.1. The Morgan fingerprint density at radius 2 is 0.593 bits per heavy atom. The maximum atomic E-state index is 13.8. The van der Waals surface area contributed by atoms with Gasteiger partial charge >= 0.3 is 0 Å². The molecule has 696 valence electrons. The van der Waals surface area contributed by atoms with Gasteiger partial charge in [0, 0.05) is 219 Å². The van der Waals surface area contributed by atoms with Gasteiger partial charge in [-0.25, -0.2) is 47.5 Å². The van der Waals surface area contributed by atoms with E-state index in [0.29, 0.717) is 68.5 Å². The monoisotopic (exact) mass is 1860 g/mol. The molecule has 0 saturated carbocycles. The summed E-state index contributed by atoms with van der Waals surface area (Å²) in [6.45, 7) is 22.5. The van der Waals surface area contributed by atoms with Crippen molar-refractivity contribution >= 4 is 78.2 Å². The van der Waals surface area contributed by atoms with Crippen LogP contribution in [0.1, 0.15) is 18.9 Å². The van der Waals surface area contributed by atoms with Crippen molar-refractivity contribution in [2.24, 2.45) is 0 Å². The molecule has 0 bridgehead atoms. The van der Waals surface area contributed by atoms with Crippen molar-refractivity contribution in [1.29, 1.82) is 0 Å². The van der Waals surface area contributed by atoms with Gasteiger partial charge in [0.25, 0.3) is 27.8 Å². The summed E-state index contributed by atoms with van der Waals surface area (Å²) in [5.74, 6) is -5.38. The van der Waals surface area contributed by atoms with Gasteiger partial charge in [-0.3, -0.25) is 46.0 Å². The molecule has 5 aromatic carbocycles. The SMILES string of the molecule is COc1cc(-c2cc(=O)n3cc(N4CCNCC4)ccc3n2)cc(F)c1F.COc1cc(-c2cc(=O)n3cc(N4CCNCC4)ccc3n2)ccc1F.COc1cc(-c2cc(=O)n3cc(N4CCN[C@@H](C)C4)ccc3n2)cc(F)c1F.COc1cc(-c2cc(=O)n3cc(N4CCN[C@@H](C)C4)ccc3n2)ccc1F.Cc1nc2ccc(-c3cc(=O)n4cc(N5CCNCC5)ccc4n3)cc2s1. The number of halogens is 6. The van der Waals surface area contributed by atoms with Crippen LogP contribution in [0.25, 0.3) is 94.7 Å². The lowest BCUT2D eigenvalue weighted by atomic mass is 10.1. The zero-order chi connectivity index (χ0) is 94.2. The van der Waals surface area contributed by atoms with Crippen molar-refractivity contribution in [3.05, 3.63) is 293 Å². The highest BCUT2D eigenvalue weighted by Crippen LogP contribution is 2.34. The second-order valence-electron chi connectivity index (χ2n) is 32.9. The Morgan fingerprint density at radius 1 is 0.311 bits per heavy atom. The van der Waals surface area contributed by atoms with Crippen molar-refractivity contribution in [1.82, 2.24) is 78.5 Å². The van der Waals surface area contributed by atoms with E-state index in [9.17, 15) is 50.3 Å². The van der Waals surface area contributed by atoms with E-state index in [1.165, 1.54) is 85.8 Å². The fourth-order valence-electron chi connectivity index (χ4n) is 16.8. The molecular formula is C98H97F6N21O9S. The van der Waals surface area contributed by atoms with Gasteiger partial charge in [0.05, 0.1) is 101 Å². The minimum atomic E-state index is -1.07. The number of thiazole rings is 1.